The fourth-order valence-corrected chi connectivity index (χ4v) is 3.64. The predicted octanol–water partition coefficient (Wildman–Crippen LogP) is 1.33. The lowest BCUT2D eigenvalue weighted by Gasteiger charge is -2.28. The van der Waals surface area contributed by atoms with E-state index in [1.165, 1.54) is 0 Å². The highest BCUT2D eigenvalue weighted by atomic mass is 19.1. The second-order valence-electron chi connectivity index (χ2n) is 6.94. The van der Waals surface area contributed by atoms with Crippen molar-refractivity contribution in [2.45, 2.75) is 37.1 Å². The molecule has 4 atom stereocenters. The lowest BCUT2D eigenvalue weighted by atomic mass is 10.1. The number of ether oxygens (including phenoxy) is 2. The Labute approximate surface area is 156 Å². The number of hydrogen-bond acceptors (Lipinski definition) is 5. The number of hydrogen-bond donors (Lipinski definition) is 3. The van der Waals surface area contributed by atoms with E-state index in [2.05, 4.69) is 15.5 Å². The number of aliphatic hydroxyl groups excluding tert-OH is 1. The summed E-state index contributed by atoms with van der Waals surface area (Å²) in [7, 11) is 1.67. The number of nitrogens with zero attached hydrogens (tertiary/aromatic N) is 1. The molecule has 0 spiro atoms. The van der Waals surface area contributed by atoms with Crippen LogP contribution >= 0.6 is 0 Å². The molecule has 3 N–H and O–H groups in total. The molecule has 9 heteroatoms. The van der Waals surface area contributed by atoms with Crippen LogP contribution in [0.1, 0.15) is 12.8 Å². The van der Waals surface area contributed by atoms with Crippen LogP contribution in [0.3, 0.4) is 0 Å². The average Bonchev–Trinajstić information content (AvgIpc) is 3.20. The number of urea groups is 1. The van der Waals surface area contributed by atoms with Crippen LogP contribution in [0.15, 0.2) is 18.2 Å². The molecule has 4 unspecified atom stereocenters. The Hall–Kier alpha value is -1.81. The molecule has 1 aromatic rings. The number of likely N-dealkylation sites (tertiary alicyclic amines) is 1. The van der Waals surface area contributed by atoms with Gasteiger partial charge in [0.05, 0.1) is 31.0 Å². The molecule has 150 valence electrons. The van der Waals surface area contributed by atoms with Crippen LogP contribution in [0.4, 0.5) is 19.3 Å². The maximum atomic E-state index is 13.6. The van der Waals surface area contributed by atoms with Crippen molar-refractivity contribution in [2.24, 2.45) is 0 Å². The van der Waals surface area contributed by atoms with Crippen LogP contribution in [0, 0.1) is 11.6 Å². The van der Waals surface area contributed by atoms with Crippen molar-refractivity contribution in [3.8, 4) is 0 Å². The maximum Gasteiger partial charge on any atom is 0.319 e. The molecule has 0 saturated carbocycles. The molecule has 2 aliphatic heterocycles. The second-order valence-corrected chi connectivity index (χ2v) is 6.94. The lowest BCUT2D eigenvalue weighted by Crippen LogP contribution is -2.48. The van der Waals surface area contributed by atoms with Crippen molar-refractivity contribution in [3.05, 3.63) is 29.8 Å². The van der Waals surface area contributed by atoms with E-state index in [-0.39, 0.29) is 12.3 Å². The minimum absolute atomic E-state index is 0.140. The van der Waals surface area contributed by atoms with Gasteiger partial charge in [0, 0.05) is 25.8 Å². The van der Waals surface area contributed by atoms with Crippen LogP contribution in [-0.4, -0.2) is 73.7 Å². The van der Waals surface area contributed by atoms with E-state index in [4.69, 9.17) is 9.47 Å². The van der Waals surface area contributed by atoms with Crippen LogP contribution in [0.2, 0.25) is 0 Å². The maximum absolute atomic E-state index is 13.6. The lowest BCUT2D eigenvalue weighted by molar-refractivity contribution is 0.00472. The van der Waals surface area contributed by atoms with Crippen LogP contribution in [0.25, 0.3) is 0 Å². The molecule has 2 aliphatic rings. The van der Waals surface area contributed by atoms with E-state index in [0.29, 0.717) is 25.3 Å². The molecule has 2 saturated heterocycles. The quantitative estimate of drug-likeness (QED) is 0.688. The minimum atomic E-state index is -0.877. The number of carbonyl (C=O) groups is 1. The van der Waals surface area contributed by atoms with Gasteiger partial charge in [-0.15, -0.1) is 0 Å². The van der Waals surface area contributed by atoms with Gasteiger partial charge in [-0.25, -0.2) is 13.6 Å². The molecule has 2 amide bonds. The molecule has 0 radical (unpaired) electrons. The summed E-state index contributed by atoms with van der Waals surface area (Å²) in [5.41, 5.74) is -0.140. The normalized spacial score (nSPS) is 28.4. The van der Waals surface area contributed by atoms with Crippen molar-refractivity contribution in [2.75, 3.05) is 38.7 Å². The summed E-state index contributed by atoms with van der Waals surface area (Å²) in [5.74, 6) is -1.60. The summed E-state index contributed by atoms with van der Waals surface area (Å²) in [6.45, 7) is 2.27. The first-order valence-electron chi connectivity index (χ1n) is 9.03. The highest BCUT2D eigenvalue weighted by Crippen LogP contribution is 2.22. The fraction of sp³-hybridized carbons (Fsp3) is 0.611. The molecular formula is C18H25F2N3O4. The summed E-state index contributed by atoms with van der Waals surface area (Å²) in [6.07, 6.45) is 0.821. The predicted molar refractivity (Wildman–Crippen MR) is 94.5 cm³/mol. The topological polar surface area (TPSA) is 83.1 Å². The number of amides is 2. The Bertz CT molecular complexity index is 663. The SMILES string of the molecule is COCC1CCCN1CC1OCC(NC(=O)Nc2ccc(F)cc2F)C1O. The van der Waals surface area contributed by atoms with Crippen LogP contribution < -0.4 is 10.6 Å². The highest BCUT2D eigenvalue weighted by molar-refractivity contribution is 5.89. The van der Waals surface area contributed by atoms with Gasteiger partial charge in [0.2, 0.25) is 0 Å². The van der Waals surface area contributed by atoms with Crippen LogP contribution in [-0.2, 0) is 9.47 Å². The fourth-order valence-electron chi connectivity index (χ4n) is 3.64. The summed E-state index contributed by atoms with van der Waals surface area (Å²) in [5, 5.41) is 15.4. The molecule has 1 aromatic carbocycles. The van der Waals surface area contributed by atoms with Crippen molar-refractivity contribution in [3.63, 3.8) is 0 Å². The third kappa shape index (κ3) is 4.92. The number of nitrogens with one attached hydrogen (secondary N) is 2. The zero-order chi connectivity index (χ0) is 19.4. The number of carbonyl (C=O) groups excluding carboxylic acids is 1. The minimum Gasteiger partial charge on any atom is -0.388 e. The van der Waals surface area contributed by atoms with Gasteiger partial charge in [-0.3, -0.25) is 4.90 Å². The van der Waals surface area contributed by atoms with Crippen molar-refractivity contribution >= 4 is 11.7 Å². The summed E-state index contributed by atoms with van der Waals surface area (Å²) in [6, 6.07) is 1.88. The number of rotatable bonds is 6. The Balaban J connectivity index is 1.50. The summed E-state index contributed by atoms with van der Waals surface area (Å²) in [4.78, 5) is 14.3. The molecule has 27 heavy (non-hydrogen) atoms. The molecule has 2 heterocycles. The Morgan fingerprint density at radius 1 is 1.44 bits per heavy atom. The van der Waals surface area contributed by atoms with Gasteiger partial charge in [-0.05, 0) is 31.5 Å². The Morgan fingerprint density at radius 3 is 3.00 bits per heavy atom. The number of anilines is 1. The number of aliphatic hydroxyl groups is 1. The first-order chi connectivity index (χ1) is 13.0. The Kier molecular flexibility index (Phi) is 6.59. The number of benzene rings is 1. The van der Waals surface area contributed by atoms with E-state index in [1.807, 2.05) is 0 Å². The van der Waals surface area contributed by atoms with Crippen molar-refractivity contribution < 1.29 is 28.2 Å². The Morgan fingerprint density at radius 2 is 2.26 bits per heavy atom. The van der Waals surface area contributed by atoms with E-state index >= 15 is 0 Å². The van der Waals surface area contributed by atoms with Gasteiger partial charge in [0.15, 0.2) is 0 Å². The zero-order valence-corrected chi connectivity index (χ0v) is 15.2. The molecule has 0 aliphatic carbocycles. The van der Waals surface area contributed by atoms with Gasteiger partial charge in [0.25, 0.3) is 0 Å². The summed E-state index contributed by atoms with van der Waals surface area (Å²) >= 11 is 0. The van der Waals surface area contributed by atoms with E-state index in [9.17, 15) is 18.7 Å². The zero-order valence-electron chi connectivity index (χ0n) is 15.2. The molecule has 0 aromatic heterocycles. The van der Waals surface area contributed by atoms with E-state index in [0.717, 1.165) is 31.5 Å². The average molecular weight is 385 g/mol. The monoisotopic (exact) mass is 385 g/mol. The second kappa shape index (κ2) is 8.92. The highest BCUT2D eigenvalue weighted by Gasteiger charge is 2.39. The first kappa shape index (κ1) is 19.9. The third-order valence-corrected chi connectivity index (χ3v) is 5.05. The molecule has 3 rings (SSSR count). The van der Waals surface area contributed by atoms with Gasteiger partial charge in [-0.1, -0.05) is 0 Å². The van der Waals surface area contributed by atoms with E-state index < -0.39 is 35.9 Å². The molecule has 2 fully saturated rings. The van der Waals surface area contributed by atoms with Crippen molar-refractivity contribution in [1.29, 1.82) is 0 Å². The molecular weight excluding hydrogens is 360 g/mol. The smallest absolute Gasteiger partial charge is 0.319 e. The number of methoxy groups -OCH3 is 1. The van der Waals surface area contributed by atoms with E-state index in [1.54, 1.807) is 7.11 Å². The standard InChI is InChI=1S/C18H25F2N3O4/c1-26-9-12-3-2-6-23(12)8-16-17(24)15(10-27-16)22-18(25)21-14-5-4-11(19)7-13(14)20/h4-5,7,12,15-17,24H,2-3,6,8-10H2,1H3,(H2,21,22,25). The summed E-state index contributed by atoms with van der Waals surface area (Å²) < 4.78 is 37.4. The van der Waals surface area contributed by atoms with Gasteiger partial charge in [0.1, 0.15) is 17.7 Å². The molecule has 7 nitrogen and oxygen atoms in total. The first-order valence-corrected chi connectivity index (χ1v) is 9.03. The largest absolute Gasteiger partial charge is 0.388 e. The van der Waals surface area contributed by atoms with Crippen molar-refractivity contribution in [1.82, 2.24) is 10.2 Å². The molecule has 0 bridgehead atoms. The van der Waals surface area contributed by atoms with Gasteiger partial charge in [-0.2, -0.15) is 0 Å². The van der Waals surface area contributed by atoms with Gasteiger partial charge >= 0.3 is 6.03 Å². The van der Waals surface area contributed by atoms with Gasteiger partial charge < -0.3 is 25.2 Å². The number of halogens is 2. The van der Waals surface area contributed by atoms with Crippen LogP contribution in [0.5, 0.6) is 0 Å². The third-order valence-electron chi connectivity index (χ3n) is 5.05.